The maximum Gasteiger partial charge on any atom is 0.112 e. The molecule has 0 aliphatic heterocycles. The van der Waals surface area contributed by atoms with Crippen molar-refractivity contribution < 1.29 is 4.39 Å². The molecule has 15 heavy (non-hydrogen) atoms. The Labute approximate surface area is 94.5 Å². The SMILES string of the molecule is NC1CCCC(F)(CCc2cccs2)C1. The summed E-state index contributed by atoms with van der Waals surface area (Å²) in [4.78, 5) is 1.28. The highest BCUT2D eigenvalue weighted by Crippen LogP contribution is 2.35. The van der Waals surface area contributed by atoms with Crippen LogP contribution in [0.25, 0.3) is 0 Å². The summed E-state index contributed by atoms with van der Waals surface area (Å²) in [5.74, 6) is 0. The lowest BCUT2D eigenvalue weighted by Crippen LogP contribution is -2.38. The van der Waals surface area contributed by atoms with Gasteiger partial charge in [0.15, 0.2) is 0 Å². The van der Waals surface area contributed by atoms with E-state index in [1.165, 1.54) is 4.88 Å². The summed E-state index contributed by atoms with van der Waals surface area (Å²) >= 11 is 1.71. The molecule has 1 fully saturated rings. The molecule has 0 bridgehead atoms. The van der Waals surface area contributed by atoms with Crippen LogP contribution in [-0.2, 0) is 6.42 Å². The molecule has 1 aromatic rings. The number of hydrogen-bond acceptors (Lipinski definition) is 2. The number of halogens is 1. The van der Waals surface area contributed by atoms with E-state index >= 15 is 0 Å². The Morgan fingerprint density at radius 3 is 3.13 bits per heavy atom. The van der Waals surface area contributed by atoms with Gasteiger partial charge in [0.1, 0.15) is 5.67 Å². The van der Waals surface area contributed by atoms with Gasteiger partial charge in [0.2, 0.25) is 0 Å². The number of rotatable bonds is 3. The molecular weight excluding hydrogens is 209 g/mol. The Hall–Kier alpha value is -0.410. The average Bonchev–Trinajstić information content (AvgIpc) is 2.67. The molecule has 1 aliphatic rings. The zero-order chi connectivity index (χ0) is 10.7. The smallest absolute Gasteiger partial charge is 0.112 e. The first kappa shape index (κ1) is 11.1. The molecule has 1 aliphatic carbocycles. The molecule has 2 rings (SSSR count). The van der Waals surface area contributed by atoms with Crippen LogP contribution in [0.2, 0.25) is 0 Å². The van der Waals surface area contributed by atoms with Crippen molar-refractivity contribution >= 4 is 11.3 Å². The Morgan fingerprint density at radius 1 is 1.60 bits per heavy atom. The van der Waals surface area contributed by atoms with E-state index < -0.39 is 5.67 Å². The first-order valence-electron chi connectivity index (χ1n) is 5.65. The van der Waals surface area contributed by atoms with Crippen LogP contribution in [0.15, 0.2) is 17.5 Å². The topological polar surface area (TPSA) is 26.0 Å². The summed E-state index contributed by atoms with van der Waals surface area (Å²) in [6.07, 6.45) is 4.69. The largest absolute Gasteiger partial charge is 0.328 e. The van der Waals surface area contributed by atoms with E-state index in [1.54, 1.807) is 11.3 Å². The van der Waals surface area contributed by atoms with Crippen LogP contribution in [0.5, 0.6) is 0 Å². The van der Waals surface area contributed by atoms with Crippen molar-refractivity contribution in [2.45, 2.75) is 50.2 Å². The van der Waals surface area contributed by atoms with Crippen molar-refractivity contribution in [2.24, 2.45) is 5.73 Å². The Balaban J connectivity index is 1.87. The van der Waals surface area contributed by atoms with Crippen LogP contribution in [0.3, 0.4) is 0 Å². The van der Waals surface area contributed by atoms with Gasteiger partial charge in [-0.25, -0.2) is 4.39 Å². The first-order chi connectivity index (χ1) is 7.18. The van der Waals surface area contributed by atoms with Gasteiger partial charge in [-0.05, 0) is 50.0 Å². The molecule has 0 aromatic carbocycles. The molecule has 0 amide bonds. The lowest BCUT2D eigenvalue weighted by atomic mass is 9.80. The predicted octanol–water partition coefficient (Wildman–Crippen LogP) is 3.29. The molecule has 2 unspecified atom stereocenters. The van der Waals surface area contributed by atoms with Crippen LogP contribution in [0, 0.1) is 0 Å². The maximum absolute atomic E-state index is 14.3. The summed E-state index contributed by atoms with van der Waals surface area (Å²) in [7, 11) is 0. The fraction of sp³-hybridized carbons (Fsp3) is 0.667. The fourth-order valence-electron chi connectivity index (χ4n) is 2.38. The van der Waals surface area contributed by atoms with Crippen LogP contribution >= 0.6 is 11.3 Å². The zero-order valence-electron chi connectivity index (χ0n) is 8.92. The molecular formula is C12H18FNS. The van der Waals surface area contributed by atoms with Gasteiger partial charge in [-0.15, -0.1) is 11.3 Å². The third kappa shape index (κ3) is 3.02. The minimum Gasteiger partial charge on any atom is -0.328 e. The van der Waals surface area contributed by atoms with E-state index in [0.29, 0.717) is 19.3 Å². The molecule has 84 valence electrons. The molecule has 1 heterocycles. The molecule has 0 radical (unpaired) electrons. The van der Waals surface area contributed by atoms with Gasteiger partial charge in [0.25, 0.3) is 0 Å². The van der Waals surface area contributed by atoms with E-state index in [-0.39, 0.29) is 6.04 Å². The molecule has 0 spiro atoms. The molecule has 0 saturated heterocycles. The van der Waals surface area contributed by atoms with E-state index in [2.05, 4.69) is 6.07 Å². The highest BCUT2D eigenvalue weighted by Gasteiger charge is 2.34. The average molecular weight is 227 g/mol. The number of hydrogen-bond donors (Lipinski definition) is 1. The normalized spacial score (nSPS) is 31.7. The lowest BCUT2D eigenvalue weighted by Gasteiger charge is -2.33. The van der Waals surface area contributed by atoms with Crippen molar-refractivity contribution in [3.05, 3.63) is 22.4 Å². The van der Waals surface area contributed by atoms with Gasteiger partial charge < -0.3 is 5.73 Å². The van der Waals surface area contributed by atoms with Gasteiger partial charge in [-0.1, -0.05) is 6.07 Å². The Morgan fingerprint density at radius 2 is 2.47 bits per heavy atom. The summed E-state index contributed by atoms with van der Waals surface area (Å²) in [5.41, 5.74) is 4.82. The highest BCUT2D eigenvalue weighted by atomic mass is 32.1. The molecule has 1 nitrogen and oxygen atoms in total. The van der Waals surface area contributed by atoms with E-state index in [0.717, 1.165) is 19.3 Å². The minimum absolute atomic E-state index is 0.0760. The fourth-order valence-corrected chi connectivity index (χ4v) is 3.09. The van der Waals surface area contributed by atoms with E-state index in [4.69, 9.17) is 5.73 Å². The molecule has 2 N–H and O–H groups in total. The van der Waals surface area contributed by atoms with E-state index in [9.17, 15) is 4.39 Å². The van der Waals surface area contributed by atoms with Gasteiger partial charge in [-0.2, -0.15) is 0 Å². The van der Waals surface area contributed by atoms with Crippen LogP contribution in [0.4, 0.5) is 4.39 Å². The van der Waals surface area contributed by atoms with Crippen molar-refractivity contribution in [1.29, 1.82) is 0 Å². The predicted molar refractivity (Wildman–Crippen MR) is 62.9 cm³/mol. The van der Waals surface area contributed by atoms with Crippen molar-refractivity contribution in [1.82, 2.24) is 0 Å². The number of nitrogens with two attached hydrogens (primary N) is 1. The van der Waals surface area contributed by atoms with Gasteiger partial charge in [-0.3, -0.25) is 0 Å². The third-order valence-electron chi connectivity index (χ3n) is 3.23. The zero-order valence-corrected chi connectivity index (χ0v) is 9.73. The summed E-state index contributed by atoms with van der Waals surface area (Å²) in [6.45, 7) is 0. The molecule has 2 atom stereocenters. The van der Waals surface area contributed by atoms with Gasteiger partial charge in [0.05, 0.1) is 0 Å². The second-order valence-electron chi connectivity index (χ2n) is 4.59. The number of aryl methyl sites for hydroxylation is 1. The second-order valence-corrected chi connectivity index (χ2v) is 5.62. The molecule has 3 heteroatoms. The van der Waals surface area contributed by atoms with E-state index in [1.807, 2.05) is 11.4 Å². The maximum atomic E-state index is 14.3. The highest BCUT2D eigenvalue weighted by molar-refractivity contribution is 7.09. The third-order valence-corrected chi connectivity index (χ3v) is 4.16. The lowest BCUT2D eigenvalue weighted by molar-refractivity contribution is 0.0868. The van der Waals surface area contributed by atoms with Crippen LogP contribution in [-0.4, -0.2) is 11.7 Å². The Kier molecular flexibility index (Phi) is 3.42. The number of thiophene rings is 1. The first-order valence-corrected chi connectivity index (χ1v) is 6.53. The van der Waals surface area contributed by atoms with Crippen molar-refractivity contribution in [3.8, 4) is 0 Å². The molecule has 1 saturated carbocycles. The summed E-state index contributed by atoms with van der Waals surface area (Å²) in [6, 6.07) is 4.18. The van der Waals surface area contributed by atoms with Crippen LogP contribution < -0.4 is 5.73 Å². The number of alkyl halides is 1. The second kappa shape index (κ2) is 4.62. The van der Waals surface area contributed by atoms with Crippen LogP contribution in [0.1, 0.15) is 37.0 Å². The monoisotopic (exact) mass is 227 g/mol. The quantitative estimate of drug-likeness (QED) is 0.842. The summed E-state index contributed by atoms with van der Waals surface area (Å²) < 4.78 is 14.3. The molecule has 1 aromatic heterocycles. The Bertz CT molecular complexity index is 299. The minimum atomic E-state index is -0.998. The van der Waals surface area contributed by atoms with Gasteiger partial charge >= 0.3 is 0 Å². The van der Waals surface area contributed by atoms with Crippen molar-refractivity contribution in [3.63, 3.8) is 0 Å². The summed E-state index contributed by atoms with van der Waals surface area (Å²) in [5, 5.41) is 2.05. The standard InChI is InChI=1S/C12H18FNS/c13-12(6-1-3-10(14)9-12)7-5-11-4-2-8-15-11/h2,4,8,10H,1,3,5-7,9,14H2. The van der Waals surface area contributed by atoms with Crippen molar-refractivity contribution in [2.75, 3.05) is 0 Å². The van der Waals surface area contributed by atoms with Gasteiger partial charge in [0, 0.05) is 10.9 Å².